The molecule has 0 amide bonds. The van der Waals surface area contributed by atoms with Gasteiger partial charge in [0.15, 0.2) is 0 Å². The van der Waals surface area contributed by atoms with Crippen molar-refractivity contribution < 1.29 is 23.8 Å². The topological polar surface area (TPSA) is 86.0 Å². The van der Waals surface area contributed by atoms with Crippen LogP contribution in [0.15, 0.2) is 33.5 Å². The molecule has 2 rings (SSSR count). The van der Waals surface area contributed by atoms with Crippen molar-refractivity contribution in [1.82, 2.24) is 0 Å². The van der Waals surface area contributed by atoms with Gasteiger partial charge in [-0.05, 0) is 25.1 Å². The molecule has 0 aliphatic carbocycles. The summed E-state index contributed by atoms with van der Waals surface area (Å²) in [5.41, 5.74) is -0.586. The molecule has 0 saturated carbocycles. The second-order valence-corrected chi connectivity index (χ2v) is 3.94. The zero-order valence-corrected chi connectivity index (χ0v) is 10.9. The predicted molar refractivity (Wildman–Crippen MR) is 71.0 cm³/mol. The summed E-state index contributed by atoms with van der Waals surface area (Å²) < 4.78 is 15.1. The predicted octanol–water partition coefficient (Wildman–Crippen LogP) is 1.34. The van der Waals surface area contributed by atoms with Gasteiger partial charge in [0.05, 0.1) is 13.2 Å². The lowest BCUT2D eigenvalue weighted by molar-refractivity contribution is 0.0522. The molecule has 0 bridgehead atoms. The molecule has 1 aromatic heterocycles. The van der Waals surface area contributed by atoms with Gasteiger partial charge in [-0.3, -0.25) is 0 Å². The first-order valence-electron chi connectivity index (χ1n) is 6.14. The second kappa shape index (κ2) is 6.21. The average molecular weight is 278 g/mol. The number of hydrogen-bond acceptors (Lipinski definition) is 6. The van der Waals surface area contributed by atoms with E-state index in [1.165, 1.54) is 12.1 Å². The van der Waals surface area contributed by atoms with E-state index in [1.807, 2.05) is 0 Å². The Bertz CT molecular complexity index is 673. The van der Waals surface area contributed by atoms with Crippen LogP contribution in [-0.4, -0.2) is 30.9 Å². The van der Waals surface area contributed by atoms with Crippen molar-refractivity contribution >= 4 is 16.9 Å². The molecule has 0 spiro atoms. The molecule has 6 nitrogen and oxygen atoms in total. The number of aliphatic hydroxyl groups excluding tert-OH is 1. The van der Waals surface area contributed by atoms with Crippen molar-refractivity contribution in [2.45, 2.75) is 6.92 Å². The van der Waals surface area contributed by atoms with E-state index in [9.17, 15) is 9.59 Å². The van der Waals surface area contributed by atoms with Gasteiger partial charge < -0.3 is 19.0 Å². The molecule has 2 aromatic rings. The second-order valence-electron chi connectivity index (χ2n) is 3.94. The molecule has 106 valence electrons. The zero-order chi connectivity index (χ0) is 14.5. The number of benzene rings is 1. The van der Waals surface area contributed by atoms with E-state index in [2.05, 4.69) is 0 Å². The minimum absolute atomic E-state index is 0.107. The van der Waals surface area contributed by atoms with Gasteiger partial charge in [-0.2, -0.15) is 0 Å². The lowest BCUT2D eigenvalue weighted by atomic mass is 10.2. The number of carbonyl (C=O) groups excluding carboxylic acids is 1. The molecular weight excluding hydrogens is 264 g/mol. The van der Waals surface area contributed by atoms with Crippen LogP contribution < -0.4 is 10.4 Å². The molecule has 0 atom stereocenters. The minimum Gasteiger partial charge on any atom is -0.491 e. The number of esters is 1. The number of ether oxygens (including phenoxy) is 2. The lowest BCUT2D eigenvalue weighted by Gasteiger charge is -2.06. The van der Waals surface area contributed by atoms with Crippen molar-refractivity contribution in [3.8, 4) is 5.75 Å². The van der Waals surface area contributed by atoms with Crippen LogP contribution in [0, 0.1) is 0 Å². The molecule has 20 heavy (non-hydrogen) atoms. The fourth-order valence-electron chi connectivity index (χ4n) is 1.70. The summed E-state index contributed by atoms with van der Waals surface area (Å²) in [6, 6.07) is 6.27. The normalized spacial score (nSPS) is 10.5. The van der Waals surface area contributed by atoms with Gasteiger partial charge in [0.25, 0.3) is 0 Å². The monoisotopic (exact) mass is 278 g/mol. The van der Waals surface area contributed by atoms with Gasteiger partial charge in [0.2, 0.25) is 0 Å². The molecular formula is C14H14O6. The van der Waals surface area contributed by atoms with E-state index in [1.54, 1.807) is 19.1 Å². The fourth-order valence-corrected chi connectivity index (χ4v) is 1.70. The maximum Gasteiger partial charge on any atom is 0.351 e. The third-order valence-electron chi connectivity index (χ3n) is 2.56. The molecule has 0 aliphatic heterocycles. The van der Waals surface area contributed by atoms with Crippen molar-refractivity contribution in [3.05, 3.63) is 40.2 Å². The minimum atomic E-state index is -0.754. The van der Waals surface area contributed by atoms with Crippen LogP contribution in [0.25, 0.3) is 11.0 Å². The Balaban J connectivity index is 2.40. The van der Waals surface area contributed by atoms with E-state index < -0.39 is 11.6 Å². The first-order valence-corrected chi connectivity index (χ1v) is 6.14. The van der Waals surface area contributed by atoms with Crippen LogP contribution in [0.3, 0.4) is 0 Å². The molecule has 0 saturated heterocycles. The smallest absolute Gasteiger partial charge is 0.351 e. The fraction of sp³-hybridized carbons (Fsp3) is 0.286. The van der Waals surface area contributed by atoms with E-state index in [0.29, 0.717) is 16.7 Å². The Hall–Kier alpha value is -2.34. The van der Waals surface area contributed by atoms with Gasteiger partial charge in [-0.1, -0.05) is 0 Å². The maximum atomic E-state index is 11.7. The maximum absolute atomic E-state index is 11.7. The summed E-state index contributed by atoms with van der Waals surface area (Å²) >= 11 is 0. The van der Waals surface area contributed by atoms with Crippen molar-refractivity contribution in [3.63, 3.8) is 0 Å². The Labute approximate surface area is 114 Å². The first kappa shape index (κ1) is 14.1. The average Bonchev–Trinajstić information content (AvgIpc) is 2.44. The lowest BCUT2D eigenvalue weighted by Crippen LogP contribution is -2.16. The van der Waals surface area contributed by atoms with Crippen LogP contribution in [0.5, 0.6) is 5.75 Å². The van der Waals surface area contributed by atoms with Gasteiger partial charge in [0.1, 0.15) is 23.5 Å². The summed E-state index contributed by atoms with van der Waals surface area (Å²) in [6.07, 6.45) is 0. The molecule has 0 fully saturated rings. The molecule has 1 heterocycles. The number of carbonyl (C=O) groups is 1. The quantitative estimate of drug-likeness (QED) is 0.656. The van der Waals surface area contributed by atoms with Crippen LogP contribution in [0.4, 0.5) is 0 Å². The first-order chi connectivity index (χ1) is 9.65. The molecule has 1 aromatic carbocycles. The number of aliphatic hydroxyl groups is 1. The van der Waals surface area contributed by atoms with Crippen LogP contribution >= 0.6 is 0 Å². The molecule has 1 N–H and O–H groups in total. The number of fused-ring (bicyclic) bond motifs is 1. The third kappa shape index (κ3) is 2.97. The number of hydrogen-bond donors (Lipinski definition) is 1. The molecule has 0 aliphatic rings. The summed E-state index contributed by atoms with van der Waals surface area (Å²) in [6.45, 7) is 1.88. The van der Waals surface area contributed by atoms with Gasteiger partial charge in [-0.25, -0.2) is 9.59 Å². The summed E-state index contributed by atoms with van der Waals surface area (Å²) in [5.74, 6) is -0.234. The van der Waals surface area contributed by atoms with E-state index >= 15 is 0 Å². The van der Waals surface area contributed by atoms with Crippen molar-refractivity contribution in [1.29, 1.82) is 0 Å². The van der Waals surface area contributed by atoms with Crippen molar-refractivity contribution in [2.75, 3.05) is 19.8 Å². The Kier molecular flexibility index (Phi) is 4.37. The van der Waals surface area contributed by atoms with E-state index in [4.69, 9.17) is 19.0 Å². The van der Waals surface area contributed by atoms with Gasteiger partial charge >= 0.3 is 11.6 Å². The van der Waals surface area contributed by atoms with Gasteiger partial charge in [-0.15, -0.1) is 0 Å². The highest BCUT2D eigenvalue weighted by molar-refractivity contribution is 5.93. The highest BCUT2D eigenvalue weighted by Crippen LogP contribution is 2.20. The van der Waals surface area contributed by atoms with E-state index in [-0.39, 0.29) is 25.4 Å². The molecule has 0 unspecified atom stereocenters. The third-order valence-corrected chi connectivity index (χ3v) is 2.56. The molecule has 6 heteroatoms. The van der Waals surface area contributed by atoms with Crippen LogP contribution in [0.2, 0.25) is 0 Å². The Morgan fingerprint density at radius 1 is 1.35 bits per heavy atom. The summed E-state index contributed by atoms with van der Waals surface area (Å²) in [4.78, 5) is 23.3. The van der Waals surface area contributed by atoms with Crippen LogP contribution in [0.1, 0.15) is 17.3 Å². The van der Waals surface area contributed by atoms with Crippen molar-refractivity contribution in [2.24, 2.45) is 0 Å². The SMILES string of the molecule is CCOC(=O)c1cc2ccc(OCCO)cc2oc1=O. The number of rotatable bonds is 5. The Morgan fingerprint density at radius 2 is 2.15 bits per heavy atom. The largest absolute Gasteiger partial charge is 0.491 e. The van der Waals surface area contributed by atoms with Gasteiger partial charge in [0, 0.05) is 11.5 Å². The zero-order valence-electron chi connectivity index (χ0n) is 10.9. The highest BCUT2D eigenvalue weighted by Gasteiger charge is 2.14. The highest BCUT2D eigenvalue weighted by atomic mass is 16.5. The van der Waals surface area contributed by atoms with Crippen LogP contribution in [-0.2, 0) is 4.74 Å². The Morgan fingerprint density at radius 3 is 2.85 bits per heavy atom. The summed E-state index contributed by atoms with van der Waals surface area (Å²) in [5, 5.41) is 9.27. The standard InChI is InChI=1S/C14H14O6/c1-2-18-13(16)11-7-9-3-4-10(19-6-5-15)8-12(9)20-14(11)17/h3-4,7-8,15H,2,5-6H2,1H3. The van der Waals surface area contributed by atoms with E-state index in [0.717, 1.165) is 0 Å². The summed E-state index contributed by atoms with van der Waals surface area (Å²) in [7, 11) is 0. The molecule has 0 radical (unpaired) electrons.